The Balaban J connectivity index is 1.63. The van der Waals surface area contributed by atoms with Gasteiger partial charge in [0.05, 0.1) is 16.6 Å². The molecule has 0 radical (unpaired) electrons. The summed E-state index contributed by atoms with van der Waals surface area (Å²) in [5.41, 5.74) is 2.25. The van der Waals surface area contributed by atoms with Gasteiger partial charge in [-0.3, -0.25) is 9.36 Å². The molecule has 3 heterocycles. The summed E-state index contributed by atoms with van der Waals surface area (Å²) in [7, 11) is 1.71. The second kappa shape index (κ2) is 7.42. The van der Waals surface area contributed by atoms with Gasteiger partial charge in [-0.25, -0.2) is 9.98 Å². The molecule has 1 N–H and O–H groups in total. The molecule has 0 fully saturated rings. The van der Waals surface area contributed by atoms with E-state index in [0.717, 1.165) is 15.7 Å². The summed E-state index contributed by atoms with van der Waals surface area (Å²) < 4.78 is 2.39. The lowest BCUT2D eigenvalue weighted by Gasteiger charge is -1.98. The molecule has 30 heavy (non-hydrogen) atoms. The number of carbonyl (C=O) groups is 1. The van der Waals surface area contributed by atoms with Crippen molar-refractivity contribution in [1.29, 1.82) is 0 Å². The lowest BCUT2D eigenvalue weighted by atomic mass is 10.1. The van der Waals surface area contributed by atoms with Gasteiger partial charge in [0.2, 0.25) is 11.0 Å². The molecule has 0 saturated heterocycles. The molecule has 4 aromatic rings. The SMILES string of the molecule is Cn1c(O)c(C2=c3cc(Br)ccc3=NC2=O)s/c1=N/c1nc(-c2ccccc2)cs1. The monoisotopic (exact) mass is 496 g/mol. The predicted octanol–water partition coefficient (Wildman–Crippen LogP) is 3.27. The van der Waals surface area contributed by atoms with Crippen molar-refractivity contribution < 1.29 is 9.90 Å². The van der Waals surface area contributed by atoms with Gasteiger partial charge in [-0.2, -0.15) is 4.99 Å². The average molecular weight is 497 g/mol. The largest absolute Gasteiger partial charge is 0.493 e. The Bertz CT molecular complexity index is 1500. The number of hydrogen-bond donors (Lipinski definition) is 1. The van der Waals surface area contributed by atoms with Gasteiger partial charge in [-0.15, -0.1) is 11.3 Å². The maximum atomic E-state index is 12.6. The molecule has 0 spiro atoms. The molecule has 0 bridgehead atoms. The first-order valence-corrected chi connectivity index (χ1v) is 11.4. The third-order valence-electron chi connectivity index (χ3n) is 4.64. The van der Waals surface area contributed by atoms with Gasteiger partial charge in [0, 0.05) is 27.7 Å². The molecule has 6 nitrogen and oxygen atoms in total. The van der Waals surface area contributed by atoms with E-state index in [9.17, 15) is 9.90 Å². The Morgan fingerprint density at radius 1 is 1.17 bits per heavy atom. The maximum absolute atomic E-state index is 12.6. The van der Waals surface area contributed by atoms with E-state index >= 15 is 0 Å². The van der Waals surface area contributed by atoms with Crippen LogP contribution >= 0.6 is 38.6 Å². The number of thiazole rings is 2. The number of benzene rings is 2. The highest BCUT2D eigenvalue weighted by Crippen LogP contribution is 2.30. The van der Waals surface area contributed by atoms with Crippen LogP contribution in [0.3, 0.4) is 0 Å². The second-order valence-electron chi connectivity index (χ2n) is 6.54. The lowest BCUT2D eigenvalue weighted by Crippen LogP contribution is -2.22. The standard InChI is InChI=1S/C21H13BrN4O2S2/c1-26-19(28)17(16-13-9-12(22)7-8-14(13)23-18(16)27)30-21(26)25-20-24-15(10-29-20)11-5-3-2-4-6-11/h2-10,28H,1H3/b25-21+. The van der Waals surface area contributed by atoms with Crippen LogP contribution in [0.15, 0.2) is 68.4 Å². The smallest absolute Gasteiger partial charge is 0.279 e. The van der Waals surface area contributed by atoms with Crippen molar-refractivity contribution in [1.82, 2.24) is 9.55 Å². The molecule has 2 aromatic carbocycles. The molecule has 2 aromatic heterocycles. The van der Waals surface area contributed by atoms with Crippen LogP contribution in [0.2, 0.25) is 0 Å². The number of hydrogen-bond acceptors (Lipinski definition) is 6. The molecule has 0 aliphatic carbocycles. The molecule has 0 unspecified atom stereocenters. The number of aromatic nitrogens is 2. The van der Waals surface area contributed by atoms with Crippen molar-refractivity contribution in [2.45, 2.75) is 0 Å². The van der Waals surface area contributed by atoms with Gasteiger partial charge in [0.25, 0.3) is 5.91 Å². The lowest BCUT2D eigenvalue weighted by molar-refractivity contribution is -0.112. The molecular weight excluding hydrogens is 484 g/mol. The van der Waals surface area contributed by atoms with Crippen LogP contribution < -0.4 is 15.4 Å². The third kappa shape index (κ3) is 3.24. The molecule has 5 rings (SSSR count). The highest BCUT2D eigenvalue weighted by molar-refractivity contribution is 9.10. The highest BCUT2D eigenvalue weighted by atomic mass is 79.9. The van der Waals surface area contributed by atoms with Crippen molar-refractivity contribution in [2.75, 3.05) is 0 Å². The first kappa shape index (κ1) is 19.1. The fraction of sp³-hybridized carbons (Fsp3) is 0.0476. The Hall–Kier alpha value is -2.88. The van der Waals surface area contributed by atoms with Gasteiger partial charge in [0.15, 0.2) is 4.80 Å². The summed E-state index contributed by atoms with van der Waals surface area (Å²) in [6, 6.07) is 15.3. The number of nitrogens with zero attached hydrogens (tertiary/aromatic N) is 4. The van der Waals surface area contributed by atoms with E-state index in [1.54, 1.807) is 17.7 Å². The van der Waals surface area contributed by atoms with Crippen molar-refractivity contribution >= 4 is 55.2 Å². The van der Waals surface area contributed by atoms with E-state index in [2.05, 4.69) is 30.9 Å². The van der Waals surface area contributed by atoms with Crippen LogP contribution in [0.5, 0.6) is 5.88 Å². The van der Waals surface area contributed by atoms with Crippen molar-refractivity contribution in [2.24, 2.45) is 17.0 Å². The van der Waals surface area contributed by atoms with Crippen LogP contribution in [-0.2, 0) is 11.8 Å². The third-order valence-corrected chi connectivity index (χ3v) is 7.01. The summed E-state index contributed by atoms with van der Waals surface area (Å²) in [4.78, 5) is 26.8. The minimum atomic E-state index is -0.368. The average Bonchev–Trinajstić information content (AvgIpc) is 3.41. The highest BCUT2D eigenvalue weighted by Gasteiger charge is 2.25. The number of rotatable bonds is 3. The van der Waals surface area contributed by atoms with E-state index in [0.29, 0.717) is 31.0 Å². The molecular formula is C21H13BrN4O2S2. The summed E-state index contributed by atoms with van der Waals surface area (Å²) in [5.74, 6) is -0.391. The number of amides is 1. The van der Waals surface area contributed by atoms with Crippen molar-refractivity contribution in [3.63, 3.8) is 0 Å². The molecule has 9 heteroatoms. The minimum absolute atomic E-state index is 0.0232. The second-order valence-corrected chi connectivity index (χ2v) is 9.27. The summed E-state index contributed by atoms with van der Waals surface area (Å²) in [6.07, 6.45) is 0. The maximum Gasteiger partial charge on any atom is 0.279 e. The van der Waals surface area contributed by atoms with Crippen LogP contribution in [0.1, 0.15) is 4.88 Å². The van der Waals surface area contributed by atoms with E-state index in [1.807, 2.05) is 47.8 Å². The van der Waals surface area contributed by atoms with Crippen LogP contribution in [0.25, 0.3) is 16.8 Å². The zero-order valence-electron chi connectivity index (χ0n) is 15.5. The van der Waals surface area contributed by atoms with Crippen LogP contribution in [0, 0.1) is 0 Å². The molecule has 148 valence electrons. The molecule has 0 atom stereocenters. The molecule has 1 aliphatic heterocycles. The quantitative estimate of drug-likeness (QED) is 0.472. The van der Waals surface area contributed by atoms with Gasteiger partial charge >= 0.3 is 0 Å². The van der Waals surface area contributed by atoms with E-state index in [-0.39, 0.29) is 11.8 Å². The molecule has 1 aliphatic rings. The minimum Gasteiger partial charge on any atom is -0.493 e. The topological polar surface area (TPSA) is 79.8 Å². The number of halogens is 1. The first-order chi connectivity index (χ1) is 14.5. The van der Waals surface area contributed by atoms with Crippen LogP contribution in [-0.4, -0.2) is 20.6 Å². The number of carbonyl (C=O) groups excluding carboxylic acids is 1. The summed E-state index contributed by atoms with van der Waals surface area (Å²) in [5, 5.41) is 14.5. The Morgan fingerprint density at radius 2 is 1.97 bits per heavy atom. The van der Waals surface area contributed by atoms with Crippen LogP contribution in [0.4, 0.5) is 5.13 Å². The van der Waals surface area contributed by atoms with Gasteiger partial charge in [-0.1, -0.05) is 57.6 Å². The Labute approximate surface area is 187 Å². The Morgan fingerprint density at radius 3 is 2.77 bits per heavy atom. The predicted molar refractivity (Wildman–Crippen MR) is 120 cm³/mol. The normalized spacial score (nSPS) is 13.6. The van der Waals surface area contributed by atoms with Gasteiger partial charge < -0.3 is 5.11 Å². The molecule has 1 amide bonds. The Kier molecular flexibility index (Phi) is 4.73. The van der Waals surface area contributed by atoms with Gasteiger partial charge in [0.1, 0.15) is 4.88 Å². The summed E-state index contributed by atoms with van der Waals surface area (Å²) in [6.45, 7) is 0. The zero-order chi connectivity index (χ0) is 20.8. The fourth-order valence-electron chi connectivity index (χ4n) is 3.15. The number of fused-ring (bicyclic) bond motifs is 1. The van der Waals surface area contributed by atoms with E-state index in [1.165, 1.54) is 22.7 Å². The van der Waals surface area contributed by atoms with E-state index < -0.39 is 0 Å². The van der Waals surface area contributed by atoms with Crippen molar-refractivity contribution in [3.05, 3.63) is 78.6 Å². The first-order valence-electron chi connectivity index (χ1n) is 8.89. The number of aromatic hydroxyl groups is 1. The van der Waals surface area contributed by atoms with E-state index in [4.69, 9.17) is 0 Å². The van der Waals surface area contributed by atoms with Crippen molar-refractivity contribution in [3.8, 4) is 17.1 Å². The van der Waals surface area contributed by atoms with Gasteiger partial charge in [-0.05, 0) is 18.2 Å². The molecule has 0 saturated carbocycles. The zero-order valence-corrected chi connectivity index (χ0v) is 18.8. The summed E-state index contributed by atoms with van der Waals surface area (Å²) >= 11 is 6.09. The fourth-order valence-corrected chi connectivity index (χ4v) is 5.33.